The van der Waals surface area contributed by atoms with E-state index in [0.29, 0.717) is 6.42 Å². The van der Waals surface area contributed by atoms with Gasteiger partial charge in [0.15, 0.2) is 0 Å². The van der Waals surface area contributed by atoms with E-state index < -0.39 is 5.97 Å². The first kappa shape index (κ1) is 16.8. The average Bonchev–Trinajstić information content (AvgIpc) is 2.68. The first-order valence-electron chi connectivity index (χ1n) is 7.55. The van der Waals surface area contributed by atoms with Crippen LogP contribution in [0.1, 0.15) is 59.8 Å². The fourth-order valence-electron chi connectivity index (χ4n) is 2.70. The third-order valence-electron chi connectivity index (χ3n) is 4.21. The number of aliphatic carboxylic acids is 1. The summed E-state index contributed by atoms with van der Waals surface area (Å²) in [6, 6.07) is 0.0891. The van der Waals surface area contributed by atoms with Crippen molar-refractivity contribution in [3.8, 4) is 0 Å². The van der Waals surface area contributed by atoms with Gasteiger partial charge in [0.2, 0.25) is 0 Å². The van der Waals surface area contributed by atoms with Crippen molar-refractivity contribution in [1.29, 1.82) is 0 Å². The average molecular weight is 284 g/mol. The number of urea groups is 1. The minimum atomic E-state index is -0.750. The molecular formula is C15H28N2O3. The normalized spacial score (nSPS) is 20.5. The Bertz CT molecular complexity index is 355. The van der Waals surface area contributed by atoms with E-state index in [2.05, 4.69) is 19.2 Å². The highest BCUT2D eigenvalue weighted by molar-refractivity contribution is 5.75. The molecule has 1 aliphatic rings. The monoisotopic (exact) mass is 284 g/mol. The summed E-state index contributed by atoms with van der Waals surface area (Å²) in [6.07, 6.45) is 4.40. The van der Waals surface area contributed by atoms with Crippen molar-refractivity contribution in [3.63, 3.8) is 0 Å². The Balaban J connectivity index is 2.30. The maximum absolute atomic E-state index is 12.2. The lowest BCUT2D eigenvalue weighted by Crippen LogP contribution is -2.50. The van der Waals surface area contributed by atoms with Crippen LogP contribution in [0, 0.1) is 5.92 Å². The molecule has 2 N–H and O–H groups in total. The number of hydrogen-bond donors (Lipinski definition) is 2. The molecule has 20 heavy (non-hydrogen) atoms. The summed E-state index contributed by atoms with van der Waals surface area (Å²) in [6.45, 7) is 8.71. The Morgan fingerprint density at radius 2 is 1.95 bits per heavy atom. The fraction of sp³-hybridized carbons (Fsp3) is 0.867. The summed E-state index contributed by atoms with van der Waals surface area (Å²) in [5.41, 5.74) is -0.0539. The van der Waals surface area contributed by atoms with Crippen LogP contribution in [0.3, 0.4) is 0 Å². The molecule has 1 fully saturated rings. The minimum absolute atomic E-state index is 0.00582. The van der Waals surface area contributed by atoms with E-state index in [1.807, 2.05) is 11.8 Å². The van der Waals surface area contributed by atoms with Crippen molar-refractivity contribution >= 4 is 12.0 Å². The highest BCUT2D eigenvalue weighted by Gasteiger charge is 2.35. The van der Waals surface area contributed by atoms with Gasteiger partial charge in [0.25, 0.3) is 0 Å². The topological polar surface area (TPSA) is 69.6 Å². The lowest BCUT2D eigenvalue weighted by molar-refractivity contribution is -0.141. The first-order valence-corrected chi connectivity index (χ1v) is 7.55. The van der Waals surface area contributed by atoms with Crippen molar-refractivity contribution in [2.45, 2.75) is 71.4 Å². The largest absolute Gasteiger partial charge is 0.481 e. The van der Waals surface area contributed by atoms with E-state index in [9.17, 15) is 9.59 Å². The number of amides is 2. The second kappa shape index (κ2) is 6.95. The molecule has 2 atom stereocenters. The second-order valence-electron chi connectivity index (χ2n) is 6.59. The van der Waals surface area contributed by atoms with Crippen LogP contribution in [0.25, 0.3) is 0 Å². The Morgan fingerprint density at radius 3 is 2.45 bits per heavy atom. The highest BCUT2D eigenvalue weighted by Crippen LogP contribution is 2.28. The molecule has 5 nitrogen and oxygen atoms in total. The Kier molecular flexibility index (Phi) is 5.84. The molecule has 0 radical (unpaired) electrons. The lowest BCUT2D eigenvalue weighted by atomic mass is 10.0. The number of rotatable bonds is 6. The van der Waals surface area contributed by atoms with Crippen LogP contribution >= 0.6 is 0 Å². The van der Waals surface area contributed by atoms with Crippen molar-refractivity contribution in [2.75, 3.05) is 6.54 Å². The van der Waals surface area contributed by atoms with Gasteiger partial charge in [-0.1, -0.05) is 13.3 Å². The third kappa shape index (κ3) is 4.69. The molecule has 1 heterocycles. The molecule has 0 aliphatic carbocycles. The minimum Gasteiger partial charge on any atom is -0.481 e. The summed E-state index contributed by atoms with van der Waals surface area (Å²) in [5, 5.41) is 11.8. The summed E-state index contributed by atoms with van der Waals surface area (Å²) in [4.78, 5) is 24.8. The number of hydrogen-bond acceptors (Lipinski definition) is 2. The maximum Gasteiger partial charge on any atom is 0.318 e. The zero-order valence-electron chi connectivity index (χ0n) is 13.1. The van der Waals surface area contributed by atoms with E-state index in [1.54, 1.807) is 6.92 Å². The van der Waals surface area contributed by atoms with E-state index in [4.69, 9.17) is 5.11 Å². The molecular weight excluding hydrogens is 256 g/mol. The first-order chi connectivity index (χ1) is 9.24. The Morgan fingerprint density at radius 1 is 1.30 bits per heavy atom. The summed E-state index contributed by atoms with van der Waals surface area (Å²) in [7, 11) is 0. The SMILES string of the molecule is CC(CCCC(C)C(=O)O)NC(=O)N1CCCC1(C)C. The van der Waals surface area contributed by atoms with Crippen molar-refractivity contribution in [3.05, 3.63) is 0 Å². The molecule has 0 bridgehead atoms. The van der Waals surface area contributed by atoms with Gasteiger partial charge in [-0.25, -0.2) is 4.79 Å². The predicted octanol–water partition coefficient (Wildman–Crippen LogP) is 2.85. The predicted molar refractivity (Wildman–Crippen MR) is 78.7 cm³/mol. The van der Waals surface area contributed by atoms with Gasteiger partial charge in [-0.05, 0) is 46.5 Å². The molecule has 1 saturated heterocycles. The van der Waals surface area contributed by atoms with E-state index >= 15 is 0 Å². The van der Waals surface area contributed by atoms with Gasteiger partial charge in [-0.15, -0.1) is 0 Å². The fourth-order valence-corrected chi connectivity index (χ4v) is 2.70. The van der Waals surface area contributed by atoms with Crippen molar-refractivity contribution < 1.29 is 14.7 Å². The third-order valence-corrected chi connectivity index (χ3v) is 4.21. The number of carboxylic acid groups (broad SMARTS) is 1. The zero-order chi connectivity index (χ0) is 15.3. The molecule has 116 valence electrons. The maximum atomic E-state index is 12.2. The molecule has 5 heteroatoms. The number of nitrogens with zero attached hydrogens (tertiary/aromatic N) is 1. The smallest absolute Gasteiger partial charge is 0.318 e. The van der Waals surface area contributed by atoms with Crippen LogP contribution in [-0.2, 0) is 4.79 Å². The molecule has 2 amide bonds. The van der Waals surface area contributed by atoms with Crippen LogP contribution in [0.5, 0.6) is 0 Å². The number of nitrogens with one attached hydrogen (secondary N) is 1. The molecule has 0 aromatic rings. The zero-order valence-corrected chi connectivity index (χ0v) is 13.1. The van der Waals surface area contributed by atoms with Crippen LogP contribution in [0.2, 0.25) is 0 Å². The standard InChI is InChI=1S/C15H28N2O3/c1-11(13(18)19)7-5-8-12(2)16-14(20)17-10-6-9-15(17,3)4/h11-12H,5-10H2,1-4H3,(H,16,20)(H,18,19). The van der Waals surface area contributed by atoms with Gasteiger partial charge in [-0.3, -0.25) is 4.79 Å². The molecule has 0 spiro atoms. The molecule has 2 unspecified atom stereocenters. The summed E-state index contributed by atoms with van der Waals surface area (Å²) < 4.78 is 0. The van der Waals surface area contributed by atoms with E-state index in [0.717, 1.165) is 32.2 Å². The van der Waals surface area contributed by atoms with Gasteiger partial charge in [0.05, 0.1) is 5.92 Å². The number of carbonyl (C=O) groups is 2. The van der Waals surface area contributed by atoms with E-state index in [-0.39, 0.29) is 23.5 Å². The van der Waals surface area contributed by atoms with E-state index in [1.165, 1.54) is 0 Å². The molecule has 0 aromatic heterocycles. The number of carboxylic acids is 1. The Hall–Kier alpha value is -1.26. The van der Waals surface area contributed by atoms with Crippen LogP contribution in [0.4, 0.5) is 4.79 Å². The van der Waals surface area contributed by atoms with Gasteiger partial charge in [-0.2, -0.15) is 0 Å². The summed E-state index contributed by atoms with van der Waals surface area (Å²) >= 11 is 0. The summed E-state index contributed by atoms with van der Waals surface area (Å²) in [5.74, 6) is -1.06. The molecule has 0 saturated carbocycles. The molecule has 1 aliphatic heterocycles. The van der Waals surface area contributed by atoms with Crippen LogP contribution in [0.15, 0.2) is 0 Å². The van der Waals surface area contributed by atoms with Gasteiger partial charge in [0.1, 0.15) is 0 Å². The number of carbonyl (C=O) groups excluding carboxylic acids is 1. The van der Waals surface area contributed by atoms with Gasteiger partial charge < -0.3 is 15.3 Å². The highest BCUT2D eigenvalue weighted by atomic mass is 16.4. The number of likely N-dealkylation sites (tertiary alicyclic amines) is 1. The van der Waals surface area contributed by atoms with Crippen LogP contribution in [-0.4, -0.2) is 40.1 Å². The molecule has 1 rings (SSSR count). The lowest BCUT2D eigenvalue weighted by Gasteiger charge is -2.32. The second-order valence-corrected chi connectivity index (χ2v) is 6.59. The van der Waals surface area contributed by atoms with Crippen molar-refractivity contribution in [1.82, 2.24) is 10.2 Å². The van der Waals surface area contributed by atoms with Gasteiger partial charge in [0, 0.05) is 18.1 Å². The quantitative estimate of drug-likeness (QED) is 0.788. The van der Waals surface area contributed by atoms with Crippen LogP contribution < -0.4 is 5.32 Å². The van der Waals surface area contributed by atoms with Gasteiger partial charge >= 0.3 is 12.0 Å². The molecule has 0 aromatic carbocycles. The van der Waals surface area contributed by atoms with Crippen molar-refractivity contribution in [2.24, 2.45) is 5.92 Å². The Labute approximate surface area is 121 Å².